The Kier molecular flexibility index (Phi) is 2.93. The average molecular weight is 413 g/mol. The average Bonchev–Trinajstić information content (AvgIpc) is 3.19. The van der Waals surface area contributed by atoms with Crippen molar-refractivity contribution in [2.45, 2.75) is 24.3 Å². The van der Waals surface area contributed by atoms with Crippen LogP contribution in [-0.2, 0) is 18.4 Å². The molecule has 3 nitrogen and oxygen atoms in total. The van der Waals surface area contributed by atoms with Gasteiger partial charge in [0.25, 0.3) is 0 Å². The van der Waals surface area contributed by atoms with Crippen molar-refractivity contribution < 1.29 is 4.57 Å². The Bertz CT molecular complexity index is 1500. The predicted octanol–water partition coefficient (Wildman–Crippen LogP) is 4.50. The summed E-state index contributed by atoms with van der Waals surface area (Å²) in [5.41, 5.74) is 13.9. The summed E-state index contributed by atoms with van der Waals surface area (Å²) in [4.78, 5) is 2.15. The molecule has 2 unspecified atom stereocenters. The van der Waals surface area contributed by atoms with Gasteiger partial charge in [0.05, 0.1) is 30.1 Å². The van der Waals surface area contributed by atoms with Gasteiger partial charge in [-0.1, -0.05) is 54.6 Å². The molecule has 3 heteroatoms. The van der Waals surface area contributed by atoms with E-state index in [1.165, 1.54) is 62.2 Å². The van der Waals surface area contributed by atoms with E-state index in [-0.39, 0.29) is 11.5 Å². The monoisotopic (exact) mass is 412 g/mol. The number of nitrogens with zero attached hydrogens (tertiary/aromatic N) is 2. The minimum absolute atomic E-state index is 0.263. The van der Waals surface area contributed by atoms with Gasteiger partial charge in [0.2, 0.25) is 5.54 Å². The van der Waals surface area contributed by atoms with Gasteiger partial charge in [-0.15, -0.1) is 0 Å². The lowest BCUT2D eigenvalue weighted by Gasteiger charge is -2.43. The van der Waals surface area contributed by atoms with Gasteiger partial charge in [-0.05, 0) is 52.3 Å². The number of benzene rings is 3. The fourth-order valence-electron chi connectivity index (χ4n) is 7.21. The molecule has 1 aromatic heterocycles. The molecule has 0 saturated carbocycles. The normalized spacial score (nSPS) is 22.5. The molecule has 0 amide bonds. The summed E-state index contributed by atoms with van der Waals surface area (Å²) in [5.74, 6) is 0.263. The molecule has 32 heavy (non-hydrogen) atoms. The third-order valence-corrected chi connectivity index (χ3v) is 8.26. The number of anilines is 1. The van der Waals surface area contributed by atoms with Crippen LogP contribution in [0.25, 0.3) is 0 Å². The molecule has 3 aromatic carbocycles. The standard InChI is InChI=1S/C29H22N3/c30-17-31-16-29-27-20(7-5-10-24(27)31)15-21-12-11-19-14-18-6-1-2-8-22(18)26(25(19)28(21)29)23-9-3-4-13-32(23)29/h1-13,17,26,30H,14-16H2/q+1. The van der Waals surface area contributed by atoms with Gasteiger partial charge in [-0.25, -0.2) is 0 Å². The van der Waals surface area contributed by atoms with Gasteiger partial charge in [-0.3, -0.25) is 5.41 Å². The Balaban J connectivity index is 1.57. The summed E-state index contributed by atoms with van der Waals surface area (Å²) in [6.07, 6.45) is 5.77. The summed E-state index contributed by atoms with van der Waals surface area (Å²) in [5, 5.41) is 8.21. The molecule has 4 aromatic rings. The van der Waals surface area contributed by atoms with E-state index in [4.69, 9.17) is 5.41 Å². The van der Waals surface area contributed by atoms with Crippen molar-refractivity contribution in [3.05, 3.63) is 129 Å². The second-order valence-electron chi connectivity index (χ2n) is 9.58. The van der Waals surface area contributed by atoms with E-state index in [0.29, 0.717) is 0 Å². The van der Waals surface area contributed by atoms with Crippen LogP contribution in [0.2, 0.25) is 0 Å². The smallest absolute Gasteiger partial charge is 0.239 e. The highest BCUT2D eigenvalue weighted by molar-refractivity contribution is 5.86. The van der Waals surface area contributed by atoms with Crippen molar-refractivity contribution in [3.63, 3.8) is 0 Å². The van der Waals surface area contributed by atoms with Crippen molar-refractivity contribution >= 4 is 12.0 Å². The largest absolute Gasteiger partial charge is 0.325 e. The maximum Gasteiger partial charge on any atom is 0.239 e. The first-order valence-corrected chi connectivity index (χ1v) is 11.4. The maximum absolute atomic E-state index is 8.21. The van der Waals surface area contributed by atoms with Gasteiger partial charge in [0, 0.05) is 17.7 Å². The highest BCUT2D eigenvalue weighted by Gasteiger charge is 2.62. The van der Waals surface area contributed by atoms with Crippen molar-refractivity contribution in [2.24, 2.45) is 0 Å². The van der Waals surface area contributed by atoms with E-state index in [1.807, 2.05) is 0 Å². The van der Waals surface area contributed by atoms with Crippen molar-refractivity contribution in [2.75, 3.05) is 11.4 Å². The molecule has 0 fully saturated rings. The molecule has 3 heterocycles. The summed E-state index contributed by atoms with van der Waals surface area (Å²) >= 11 is 0. The molecule has 2 atom stereocenters. The van der Waals surface area contributed by atoms with Crippen LogP contribution in [0.1, 0.15) is 56.1 Å². The molecule has 1 N–H and O–H groups in total. The van der Waals surface area contributed by atoms with Crippen LogP contribution in [0.15, 0.2) is 79.0 Å². The highest BCUT2D eigenvalue weighted by atomic mass is 15.2. The molecule has 0 bridgehead atoms. The van der Waals surface area contributed by atoms with Crippen molar-refractivity contribution in [3.8, 4) is 0 Å². The first-order valence-electron chi connectivity index (χ1n) is 11.4. The zero-order chi connectivity index (χ0) is 21.0. The quantitative estimate of drug-likeness (QED) is 0.245. The van der Waals surface area contributed by atoms with Crippen molar-refractivity contribution in [1.82, 2.24) is 0 Å². The molecular weight excluding hydrogens is 390 g/mol. The number of nitrogens with one attached hydrogen (secondary N) is 1. The topological polar surface area (TPSA) is 31.0 Å². The lowest BCUT2D eigenvalue weighted by Crippen LogP contribution is -2.66. The molecule has 1 spiro atoms. The van der Waals surface area contributed by atoms with Crippen LogP contribution < -0.4 is 9.47 Å². The van der Waals surface area contributed by atoms with E-state index < -0.39 is 0 Å². The van der Waals surface area contributed by atoms with E-state index in [1.54, 1.807) is 0 Å². The zero-order valence-corrected chi connectivity index (χ0v) is 17.7. The second kappa shape index (κ2) is 5.55. The van der Waals surface area contributed by atoms with Crippen LogP contribution in [0.4, 0.5) is 5.69 Å². The van der Waals surface area contributed by atoms with E-state index in [9.17, 15) is 0 Å². The number of fused-ring (bicyclic) bond motifs is 4. The number of aromatic nitrogens is 1. The molecule has 2 aliphatic heterocycles. The first kappa shape index (κ1) is 16.9. The van der Waals surface area contributed by atoms with Crippen LogP contribution in [0.5, 0.6) is 0 Å². The number of hydrogen-bond acceptors (Lipinski definition) is 1. The first-order chi connectivity index (χ1) is 15.8. The minimum Gasteiger partial charge on any atom is -0.325 e. The van der Waals surface area contributed by atoms with E-state index in [0.717, 1.165) is 19.4 Å². The minimum atomic E-state index is -0.276. The summed E-state index contributed by atoms with van der Waals surface area (Å²) in [6, 6.07) is 27.1. The number of hydrogen-bond donors (Lipinski definition) is 1. The molecule has 4 aliphatic rings. The summed E-state index contributed by atoms with van der Waals surface area (Å²) in [6.45, 7) is 0.780. The SMILES string of the molecule is N=CN1CC23c4c(cccc41)Cc1ccc4c(c12)C(c1ccccc1C4)c1cccc[n+]13. The van der Waals surface area contributed by atoms with E-state index >= 15 is 0 Å². The lowest BCUT2D eigenvalue weighted by atomic mass is 9.62. The molecule has 0 radical (unpaired) electrons. The van der Waals surface area contributed by atoms with Crippen LogP contribution in [0.3, 0.4) is 0 Å². The van der Waals surface area contributed by atoms with Crippen molar-refractivity contribution in [1.29, 1.82) is 5.41 Å². The summed E-state index contributed by atoms with van der Waals surface area (Å²) < 4.78 is 2.56. The van der Waals surface area contributed by atoms with Gasteiger partial charge < -0.3 is 4.90 Å². The number of rotatable bonds is 1. The molecule has 8 rings (SSSR count). The Morgan fingerprint density at radius 2 is 1.59 bits per heavy atom. The third-order valence-electron chi connectivity index (χ3n) is 8.26. The second-order valence-corrected chi connectivity index (χ2v) is 9.58. The number of pyridine rings is 1. The van der Waals surface area contributed by atoms with Gasteiger partial charge in [-0.2, -0.15) is 4.57 Å². The Morgan fingerprint density at radius 3 is 2.53 bits per heavy atom. The molecular formula is C29H22N3+. The fraction of sp³-hybridized carbons (Fsp3) is 0.172. The molecule has 152 valence electrons. The summed E-state index contributed by atoms with van der Waals surface area (Å²) in [7, 11) is 0. The Morgan fingerprint density at radius 1 is 0.812 bits per heavy atom. The zero-order valence-electron chi connectivity index (χ0n) is 17.7. The van der Waals surface area contributed by atoms with Gasteiger partial charge in [0.15, 0.2) is 11.9 Å². The lowest BCUT2D eigenvalue weighted by molar-refractivity contribution is -0.750. The van der Waals surface area contributed by atoms with Gasteiger partial charge in [0.1, 0.15) is 0 Å². The van der Waals surface area contributed by atoms with Crippen LogP contribution in [0, 0.1) is 5.41 Å². The highest BCUT2D eigenvalue weighted by Crippen LogP contribution is 2.56. The van der Waals surface area contributed by atoms with E-state index in [2.05, 4.69) is 88.5 Å². The third kappa shape index (κ3) is 1.74. The molecule has 2 aliphatic carbocycles. The maximum atomic E-state index is 8.21. The fourth-order valence-corrected chi connectivity index (χ4v) is 7.21. The van der Waals surface area contributed by atoms with Crippen LogP contribution >= 0.6 is 0 Å². The predicted molar refractivity (Wildman–Crippen MR) is 125 cm³/mol. The Hall–Kier alpha value is -3.72. The Labute approximate surface area is 187 Å². The van der Waals surface area contributed by atoms with Crippen LogP contribution in [-0.4, -0.2) is 12.9 Å². The molecule has 0 saturated heterocycles. The van der Waals surface area contributed by atoms with Gasteiger partial charge >= 0.3 is 0 Å².